The lowest BCUT2D eigenvalue weighted by molar-refractivity contribution is 0.218. The Morgan fingerprint density at radius 2 is 1.88 bits per heavy atom. The number of nitrogens with two attached hydrogens (primary N) is 1. The molecule has 0 saturated carbocycles. The normalized spacial score (nSPS) is 16.6. The Hall–Kier alpha value is -1.88. The molecule has 0 spiro atoms. The van der Waals surface area contributed by atoms with Crippen molar-refractivity contribution in [2.75, 3.05) is 26.2 Å². The monoisotopic (exact) mass is 354 g/mol. The van der Waals surface area contributed by atoms with Crippen molar-refractivity contribution in [3.63, 3.8) is 0 Å². The van der Waals surface area contributed by atoms with E-state index in [4.69, 9.17) is 17.3 Å². The summed E-state index contributed by atoms with van der Waals surface area (Å²) in [5, 5.41) is 2.06. The van der Waals surface area contributed by atoms with E-state index in [1.165, 1.54) is 23.8 Å². The highest BCUT2D eigenvalue weighted by Gasteiger charge is 2.23. The van der Waals surface area contributed by atoms with Gasteiger partial charge in [-0.2, -0.15) is 0 Å². The second kappa shape index (κ2) is 7.16. The van der Waals surface area contributed by atoms with Crippen molar-refractivity contribution in [1.29, 1.82) is 0 Å². The zero-order chi connectivity index (χ0) is 17.2. The van der Waals surface area contributed by atoms with Crippen LogP contribution in [-0.2, 0) is 0 Å². The van der Waals surface area contributed by atoms with E-state index in [1.807, 2.05) is 24.5 Å². The first-order valence-corrected chi connectivity index (χ1v) is 9.27. The highest BCUT2D eigenvalue weighted by molar-refractivity contribution is 6.30. The standard InChI is InChI=1S/C20H23ClN4/c21-16-1-3-17(4-2-16)25-14-19(18-5-9-23-13-20(18)25)15-6-10-24(11-7-15)12-8-22/h1-5,9,13-15H,6-8,10-12,22H2. The predicted octanol–water partition coefficient (Wildman–Crippen LogP) is 3.82. The number of piperidine rings is 1. The maximum Gasteiger partial charge on any atom is 0.0715 e. The third-order valence-corrected chi connectivity index (χ3v) is 5.47. The smallest absolute Gasteiger partial charge is 0.0715 e. The van der Waals surface area contributed by atoms with Gasteiger partial charge in [0.05, 0.1) is 11.7 Å². The molecule has 0 atom stereocenters. The Morgan fingerprint density at radius 3 is 2.60 bits per heavy atom. The van der Waals surface area contributed by atoms with Crippen LogP contribution in [0.1, 0.15) is 24.3 Å². The molecule has 0 amide bonds. The van der Waals surface area contributed by atoms with Gasteiger partial charge in [-0.05, 0) is 67.7 Å². The van der Waals surface area contributed by atoms with Crippen LogP contribution in [0.4, 0.5) is 0 Å². The summed E-state index contributed by atoms with van der Waals surface area (Å²) in [4.78, 5) is 6.81. The van der Waals surface area contributed by atoms with Gasteiger partial charge in [0, 0.05) is 41.6 Å². The van der Waals surface area contributed by atoms with E-state index in [0.717, 1.165) is 42.4 Å². The van der Waals surface area contributed by atoms with E-state index < -0.39 is 0 Å². The van der Waals surface area contributed by atoms with E-state index in [2.05, 4.69) is 38.8 Å². The molecule has 0 aliphatic carbocycles. The number of aromatic nitrogens is 2. The summed E-state index contributed by atoms with van der Waals surface area (Å²) in [6.45, 7) is 4.00. The van der Waals surface area contributed by atoms with Gasteiger partial charge in [-0.3, -0.25) is 4.98 Å². The van der Waals surface area contributed by atoms with Crippen LogP contribution in [-0.4, -0.2) is 40.6 Å². The van der Waals surface area contributed by atoms with Crippen molar-refractivity contribution >= 4 is 22.5 Å². The fraction of sp³-hybridized carbons (Fsp3) is 0.350. The number of likely N-dealkylation sites (tertiary alicyclic amines) is 1. The summed E-state index contributed by atoms with van der Waals surface area (Å²) in [6, 6.07) is 10.1. The summed E-state index contributed by atoms with van der Waals surface area (Å²) in [5.74, 6) is 0.590. The van der Waals surface area contributed by atoms with Gasteiger partial charge in [0.15, 0.2) is 0 Å². The first-order chi connectivity index (χ1) is 12.3. The first-order valence-electron chi connectivity index (χ1n) is 8.89. The number of halogens is 1. The second-order valence-electron chi connectivity index (χ2n) is 6.73. The molecule has 25 heavy (non-hydrogen) atoms. The van der Waals surface area contributed by atoms with Crippen LogP contribution in [0.3, 0.4) is 0 Å². The second-order valence-corrected chi connectivity index (χ2v) is 7.16. The summed E-state index contributed by atoms with van der Waals surface area (Å²) in [6.07, 6.45) is 8.50. The molecule has 0 bridgehead atoms. The van der Waals surface area contributed by atoms with Crippen LogP contribution in [0, 0.1) is 0 Å². The predicted molar refractivity (Wildman–Crippen MR) is 104 cm³/mol. The molecule has 0 unspecified atom stereocenters. The first kappa shape index (κ1) is 16.6. The number of fused-ring (bicyclic) bond motifs is 1. The molecular weight excluding hydrogens is 332 g/mol. The molecule has 130 valence electrons. The minimum absolute atomic E-state index is 0.590. The van der Waals surface area contributed by atoms with Crippen molar-refractivity contribution in [2.45, 2.75) is 18.8 Å². The van der Waals surface area contributed by atoms with Gasteiger partial charge in [-0.15, -0.1) is 0 Å². The van der Waals surface area contributed by atoms with Crippen molar-refractivity contribution in [3.05, 3.63) is 59.5 Å². The average molecular weight is 355 g/mol. The largest absolute Gasteiger partial charge is 0.329 e. The summed E-state index contributed by atoms with van der Waals surface area (Å²) in [7, 11) is 0. The van der Waals surface area contributed by atoms with Crippen LogP contribution < -0.4 is 5.73 Å². The van der Waals surface area contributed by atoms with E-state index in [9.17, 15) is 0 Å². The molecule has 1 fully saturated rings. The number of nitrogens with zero attached hydrogens (tertiary/aromatic N) is 3. The lowest BCUT2D eigenvalue weighted by Gasteiger charge is -2.31. The minimum Gasteiger partial charge on any atom is -0.329 e. The molecule has 1 aliphatic heterocycles. The van der Waals surface area contributed by atoms with E-state index >= 15 is 0 Å². The highest BCUT2D eigenvalue weighted by Crippen LogP contribution is 2.35. The van der Waals surface area contributed by atoms with Crippen LogP contribution in [0.5, 0.6) is 0 Å². The molecule has 2 aromatic heterocycles. The van der Waals surface area contributed by atoms with Crippen LogP contribution in [0.2, 0.25) is 5.02 Å². The summed E-state index contributed by atoms with van der Waals surface area (Å²) < 4.78 is 2.24. The number of rotatable bonds is 4. The Morgan fingerprint density at radius 1 is 1.12 bits per heavy atom. The molecule has 0 radical (unpaired) electrons. The Kier molecular flexibility index (Phi) is 4.75. The van der Waals surface area contributed by atoms with Crippen molar-refractivity contribution in [2.24, 2.45) is 5.73 Å². The third-order valence-electron chi connectivity index (χ3n) is 5.22. The number of benzene rings is 1. The Balaban J connectivity index is 1.70. The lowest BCUT2D eigenvalue weighted by Crippen LogP contribution is -2.36. The molecule has 5 heteroatoms. The number of hydrogen-bond acceptors (Lipinski definition) is 3. The Labute approximate surface area is 153 Å². The van der Waals surface area contributed by atoms with Gasteiger partial charge in [-0.1, -0.05) is 11.6 Å². The topological polar surface area (TPSA) is 47.1 Å². The van der Waals surface area contributed by atoms with E-state index in [-0.39, 0.29) is 0 Å². The van der Waals surface area contributed by atoms with Gasteiger partial charge < -0.3 is 15.2 Å². The maximum atomic E-state index is 6.05. The molecule has 4 rings (SSSR count). The van der Waals surface area contributed by atoms with Gasteiger partial charge in [0.25, 0.3) is 0 Å². The lowest BCUT2D eigenvalue weighted by atomic mass is 9.89. The van der Waals surface area contributed by atoms with Gasteiger partial charge >= 0.3 is 0 Å². The van der Waals surface area contributed by atoms with Crippen molar-refractivity contribution in [3.8, 4) is 5.69 Å². The molecule has 3 heterocycles. The molecule has 1 saturated heterocycles. The molecule has 4 nitrogen and oxygen atoms in total. The third kappa shape index (κ3) is 3.30. The van der Waals surface area contributed by atoms with E-state index in [1.54, 1.807) is 0 Å². The molecule has 1 aliphatic rings. The number of pyridine rings is 1. The molecule has 1 aromatic carbocycles. The quantitative estimate of drug-likeness (QED) is 0.774. The fourth-order valence-electron chi connectivity index (χ4n) is 3.89. The van der Waals surface area contributed by atoms with E-state index in [0.29, 0.717) is 5.92 Å². The van der Waals surface area contributed by atoms with Crippen LogP contribution in [0.15, 0.2) is 48.9 Å². The van der Waals surface area contributed by atoms with Gasteiger partial charge in [0.1, 0.15) is 0 Å². The average Bonchev–Trinajstić information content (AvgIpc) is 3.03. The zero-order valence-corrected chi connectivity index (χ0v) is 15.0. The molecule has 2 N–H and O–H groups in total. The summed E-state index contributed by atoms with van der Waals surface area (Å²) >= 11 is 6.05. The maximum absolute atomic E-state index is 6.05. The van der Waals surface area contributed by atoms with Crippen LogP contribution >= 0.6 is 11.6 Å². The van der Waals surface area contributed by atoms with Crippen molar-refractivity contribution < 1.29 is 0 Å². The summed E-state index contributed by atoms with van der Waals surface area (Å²) in [5.41, 5.74) is 9.40. The SMILES string of the molecule is NCCN1CCC(c2cn(-c3ccc(Cl)cc3)c3cnccc23)CC1. The molecular formula is C20H23ClN4. The number of hydrogen-bond donors (Lipinski definition) is 1. The van der Waals surface area contributed by atoms with Crippen LogP contribution in [0.25, 0.3) is 16.6 Å². The fourth-order valence-corrected chi connectivity index (χ4v) is 4.02. The molecule has 3 aromatic rings. The van der Waals surface area contributed by atoms with Gasteiger partial charge in [0.2, 0.25) is 0 Å². The zero-order valence-electron chi connectivity index (χ0n) is 14.2. The minimum atomic E-state index is 0.590. The Bertz CT molecular complexity index is 848. The van der Waals surface area contributed by atoms with Gasteiger partial charge in [-0.25, -0.2) is 0 Å². The highest BCUT2D eigenvalue weighted by atomic mass is 35.5. The van der Waals surface area contributed by atoms with Crippen molar-refractivity contribution in [1.82, 2.24) is 14.5 Å².